The number of hydrogen-bond acceptors (Lipinski definition) is 3. The molecule has 0 radical (unpaired) electrons. The monoisotopic (exact) mass is 190 g/mol. The predicted octanol–water partition coefficient (Wildman–Crippen LogP) is 0.875. The van der Waals surface area contributed by atoms with E-state index >= 15 is 0 Å². The lowest BCUT2D eigenvalue weighted by molar-refractivity contribution is 0.189. The fourth-order valence-electron chi connectivity index (χ4n) is 2.08. The molecule has 0 unspecified atom stereocenters. The normalized spacial score (nSPS) is 20.2. The molecule has 2 rings (SSSR count). The zero-order chi connectivity index (χ0) is 9.86. The van der Waals surface area contributed by atoms with E-state index in [2.05, 4.69) is 16.5 Å². The molecule has 0 amide bonds. The van der Waals surface area contributed by atoms with Gasteiger partial charge < -0.3 is 5.32 Å². The van der Waals surface area contributed by atoms with Crippen LogP contribution >= 0.6 is 0 Å². The van der Waals surface area contributed by atoms with E-state index in [-0.39, 0.29) is 5.54 Å². The molecule has 14 heavy (non-hydrogen) atoms. The van der Waals surface area contributed by atoms with Gasteiger partial charge in [0.15, 0.2) is 0 Å². The second-order valence-electron chi connectivity index (χ2n) is 3.76. The van der Waals surface area contributed by atoms with E-state index in [1.54, 1.807) is 6.20 Å². The van der Waals surface area contributed by atoms with Crippen molar-refractivity contribution in [3.63, 3.8) is 0 Å². The molecular weight excluding hydrogens is 176 g/mol. The molecule has 1 aromatic heterocycles. The number of nitriles is 1. The van der Waals surface area contributed by atoms with Gasteiger partial charge in [0, 0.05) is 12.4 Å². The van der Waals surface area contributed by atoms with Crippen LogP contribution in [0, 0.1) is 11.3 Å². The van der Waals surface area contributed by atoms with Gasteiger partial charge in [-0.05, 0) is 32.0 Å². The highest BCUT2D eigenvalue weighted by atomic mass is 15.3. The smallest absolute Gasteiger partial charge is 0.0781 e. The van der Waals surface area contributed by atoms with Crippen LogP contribution in [0.3, 0.4) is 0 Å². The summed E-state index contributed by atoms with van der Waals surface area (Å²) < 4.78 is 1.96. The van der Waals surface area contributed by atoms with Crippen molar-refractivity contribution in [2.75, 3.05) is 13.1 Å². The molecule has 1 fully saturated rings. The minimum atomic E-state index is -0.0660. The molecule has 1 aliphatic heterocycles. The highest BCUT2D eigenvalue weighted by molar-refractivity contribution is 4.98. The highest BCUT2D eigenvalue weighted by Crippen LogP contribution is 2.29. The average Bonchev–Trinajstić information content (AvgIpc) is 2.73. The van der Waals surface area contributed by atoms with E-state index in [1.165, 1.54) is 0 Å². The van der Waals surface area contributed by atoms with Gasteiger partial charge in [0.25, 0.3) is 0 Å². The summed E-state index contributed by atoms with van der Waals surface area (Å²) in [6.07, 6.45) is 6.27. The van der Waals surface area contributed by atoms with Crippen LogP contribution in [-0.4, -0.2) is 22.9 Å². The third-order valence-electron chi connectivity index (χ3n) is 2.93. The van der Waals surface area contributed by atoms with Crippen molar-refractivity contribution < 1.29 is 0 Å². The van der Waals surface area contributed by atoms with Crippen LogP contribution in [0.1, 0.15) is 19.3 Å². The van der Waals surface area contributed by atoms with E-state index in [0.29, 0.717) is 6.42 Å². The largest absolute Gasteiger partial charge is 0.317 e. The van der Waals surface area contributed by atoms with Gasteiger partial charge in [-0.1, -0.05) is 0 Å². The van der Waals surface area contributed by atoms with Gasteiger partial charge in [-0.3, -0.25) is 4.68 Å². The van der Waals surface area contributed by atoms with Gasteiger partial charge in [-0.2, -0.15) is 10.4 Å². The van der Waals surface area contributed by atoms with E-state index in [4.69, 9.17) is 5.26 Å². The molecule has 0 saturated carbocycles. The molecule has 1 N–H and O–H groups in total. The molecule has 1 saturated heterocycles. The number of hydrogen-bond donors (Lipinski definition) is 1. The fraction of sp³-hybridized carbons (Fsp3) is 0.600. The first kappa shape index (κ1) is 9.22. The topological polar surface area (TPSA) is 53.6 Å². The zero-order valence-corrected chi connectivity index (χ0v) is 8.11. The first-order chi connectivity index (χ1) is 6.87. The lowest BCUT2D eigenvalue weighted by Gasteiger charge is -2.36. The van der Waals surface area contributed by atoms with Gasteiger partial charge in [0.05, 0.1) is 18.0 Å². The Hall–Kier alpha value is -1.34. The minimum Gasteiger partial charge on any atom is -0.317 e. The van der Waals surface area contributed by atoms with Crippen LogP contribution in [0.2, 0.25) is 0 Å². The van der Waals surface area contributed by atoms with Crippen LogP contribution in [0.25, 0.3) is 0 Å². The Bertz CT molecular complexity index is 316. The molecule has 4 heteroatoms. The Balaban J connectivity index is 2.26. The summed E-state index contributed by atoms with van der Waals surface area (Å²) in [6, 6.07) is 4.20. The molecule has 0 spiro atoms. The number of nitrogens with one attached hydrogen (secondary N) is 1. The van der Waals surface area contributed by atoms with E-state index < -0.39 is 0 Å². The molecule has 0 atom stereocenters. The van der Waals surface area contributed by atoms with Crippen molar-refractivity contribution in [3.8, 4) is 6.07 Å². The van der Waals surface area contributed by atoms with Gasteiger partial charge in [0.1, 0.15) is 0 Å². The van der Waals surface area contributed by atoms with E-state index in [0.717, 1.165) is 25.9 Å². The van der Waals surface area contributed by atoms with Crippen molar-refractivity contribution in [2.45, 2.75) is 24.8 Å². The van der Waals surface area contributed by atoms with Gasteiger partial charge in [0.2, 0.25) is 0 Å². The molecule has 74 valence electrons. The molecule has 0 bridgehead atoms. The molecule has 1 aromatic rings. The summed E-state index contributed by atoms with van der Waals surface area (Å²) in [4.78, 5) is 0. The maximum atomic E-state index is 8.87. The number of rotatable bonds is 2. The molecule has 1 aliphatic rings. The van der Waals surface area contributed by atoms with Crippen LogP contribution in [-0.2, 0) is 5.54 Å². The Kier molecular flexibility index (Phi) is 2.51. The van der Waals surface area contributed by atoms with E-state index in [1.807, 2.05) is 16.9 Å². The van der Waals surface area contributed by atoms with Gasteiger partial charge >= 0.3 is 0 Å². The quantitative estimate of drug-likeness (QED) is 0.753. The standard InChI is InChI=1S/C10H14N4/c11-5-2-10(3-7-12-8-4-10)14-9-1-6-13-14/h1,6,9,12H,2-4,7-8H2. The van der Waals surface area contributed by atoms with Crippen molar-refractivity contribution in [1.82, 2.24) is 15.1 Å². The van der Waals surface area contributed by atoms with Crippen LogP contribution in [0.15, 0.2) is 18.5 Å². The lowest BCUT2D eigenvalue weighted by atomic mass is 9.86. The lowest BCUT2D eigenvalue weighted by Crippen LogP contribution is -2.44. The third-order valence-corrected chi connectivity index (χ3v) is 2.93. The predicted molar refractivity (Wildman–Crippen MR) is 52.5 cm³/mol. The highest BCUT2D eigenvalue weighted by Gasteiger charge is 2.33. The third kappa shape index (κ3) is 1.51. The number of aromatic nitrogens is 2. The average molecular weight is 190 g/mol. The summed E-state index contributed by atoms with van der Waals surface area (Å²) in [7, 11) is 0. The summed E-state index contributed by atoms with van der Waals surface area (Å²) in [5.74, 6) is 0. The van der Waals surface area contributed by atoms with Gasteiger partial charge in [-0.25, -0.2) is 0 Å². The SMILES string of the molecule is N#CCC1(n2cccn2)CCNCC1. The summed E-state index contributed by atoms with van der Waals surface area (Å²) >= 11 is 0. The summed E-state index contributed by atoms with van der Waals surface area (Å²) in [5.41, 5.74) is -0.0660. The number of piperidine rings is 1. The zero-order valence-electron chi connectivity index (χ0n) is 8.11. The fourth-order valence-corrected chi connectivity index (χ4v) is 2.08. The Morgan fingerprint density at radius 1 is 1.50 bits per heavy atom. The van der Waals surface area contributed by atoms with Gasteiger partial charge in [-0.15, -0.1) is 0 Å². The van der Waals surface area contributed by atoms with Crippen molar-refractivity contribution in [2.24, 2.45) is 0 Å². The maximum Gasteiger partial charge on any atom is 0.0781 e. The van der Waals surface area contributed by atoms with Crippen molar-refractivity contribution in [3.05, 3.63) is 18.5 Å². The maximum absolute atomic E-state index is 8.87. The first-order valence-electron chi connectivity index (χ1n) is 4.95. The molecule has 4 nitrogen and oxygen atoms in total. The Morgan fingerprint density at radius 3 is 2.86 bits per heavy atom. The summed E-state index contributed by atoms with van der Waals surface area (Å²) in [6.45, 7) is 1.95. The van der Waals surface area contributed by atoms with Crippen molar-refractivity contribution >= 4 is 0 Å². The Labute approximate surface area is 83.5 Å². The molecule has 0 aromatic carbocycles. The van der Waals surface area contributed by atoms with Crippen LogP contribution in [0.5, 0.6) is 0 Å². The second kappa shape index (κ2) is 3.81. The summed E-state index contributed by atoms with van der Waals surface area (Å²) in [5, 5.41) is 16.4. The van der Waals surface area contributed by atoms with E-state index in [9.17, 15) is 0 Å². The van der Waals surface area contributed by atoms with Crippen LogP contribution in [0.4, 0.5) is 0 Å². The first-order valence-corrected chi connectivity index (χ1v) is 4.95. The number of nitrogens with zero attached hydrogens (tertiary/aromatic N) is 3. The molecule has 0 aliphatic carbocycles. The van der Waals surface area contributed by atoms with Crippen LogP contribution < -0.4 is 5.32 Å². The Morgan fingerprint density at radius 2 is 2.29 bits per heavy atom. The minimum absolute atomic E-state index is 0.0660. The van der Waals surface area contributed by atoms with Crippen molar-refractivity contribution in [1.29, 1.82) is 5.26 Å². The molecule has 2 heterocycles. The second-order valence-corrected chi connectivity index (χ2v) is 3.76. The molecular formula is C10H14N4.